The van der Waals surface area contributed by atoms with E-state index in [0.29, 0.717) is 24.2 Å². The van der Waals surface area contributed by atoms with Crippen LogP contribution in [0, 0.1) is 0 Å². The lowest BCUT2D eigenvalue weighted by Gasteiger charge is -2.15. The van der Waals surface area contributed by atoms with Crippen LogP contribution in [0.15, 0.2) is 18.2 Å². The predicted octanol–water partition coefficient (Wildman–Crippen LogP) is 1.92. The molecule has 28 heavy (non-hydrogen) atoms. The molecule has 0 amide bonds. The predicted molar refractivity (Wildman–Crippen MR) is 99.3 cm³/mol. The second-order valence-electron chi connectivity index (χ2n) is 6.23. The van der Waals surface area contributed by atoms with Crippen LogP contribution >= 0.6 is 0 Å². The summed E-state index contributed by atoms with van der Waals surface area (Å²) in [5.41, 5.74) is 0.471. The van der Waals surface area contributed by atoms with Gasteiger partial charge in [0, 0.05) is 13.2 Å². The van der Waals surface area contributed by atoms with Crippen molar-refractivity contribution < 1.29 is 38.4 Å². The third kappa shape index (κ3) is 5.90. The summed E-state index contributed by atoms with van der Waals surface area (Å²) in [7, 11) is 2.90. The van der Waals surface area contributed by atoms with E-state index in [-0.39, 0.29) is 31.1 Å². The summed E-state index contributed by atoms with van der Waals surface area (Å²) in [4.78, 5) is 36.7. The molecule has 1 N–H and O–H groups in total. The lowest BCUT2D eigenvalue weighted by atomic mass is 10.0. The molecule has 1 aliphatic heterocycles. The molecule has 1 atom stereocenters. The molecule has 0 spiro atoms. The fraction of sp³-hybridized carbons (Fsp3) is 0.450. The first-order valence-corrected chi connectivity index (χ1v) is 8.88. The van der Waals surface area contributed by atoms with Crippen molar-refractivity contribution in [2.24, 2.45) is 0 Å². The van der Waals surface area contributed by atoms with Gasteiger partial charge in [0.1, 0.15) is 23.2 Å². The van der Waals surface area contributed by atoms with Crippen molar-refractivity contribution in [1.29, 1.82) is 0 Å². The Balaban J connectivity index is 2.46. The van der Waals surface area contributed by atoms with Crippen molar-refractivity contribution in [3.63, 3.8) is 0 Å². The monoisotopic (exact) mass is 392 g/mol. The highest BCUT2D eigenvalue weighted by Crippen LogP contribution is 2.31. The van der Waals surface area contributed by atoms with Crippen molar-refractivity contribution in [3.8, 4) is 11.5 Å². The summed E-state index contributed by atoms with van der Waals surface area (Å²) in [6.45, 7) is 0.0273. The number of aliphatic hydroxyl groups is 1. The van der Waals surface area contributed by atoms with Gasteiger partial charge in [-0.25, -0.2) is 4.79 Å². The third-order valence-corrected chi connectivity index (χ3v) is 4.15. The number of methoxy groups -OCH3 is 2. The molecule has 1 unspecified atom stereocenters. The molecule has 1 aromatic rings. The van der Waals surface area contributed by atoms with E-state index >= 15 is 0 Å². The van der Waals surface area contributed by atoms with Crippen molar-refractivity contribution in [1.82, 2.24) is 0 Å². The molecular weight excluding hydrogens is 368 g/mol. The fourth-order valence-corrected chi connectivity index (χ4v) is 2.68. The summed E-state index contributed by atoms with van der Waals surface area (Å²) in [6.07, 6.45) is 2.14. The Hall–Kier alpha value is -2.71. The summed E-state index contributed by atoms with van der Waals surface area (Å²) in [5.74, 6) is -1.03. The number of ether oxygens (including phenoxy) is 4. The number of esters is 1. The molecule has 0 aliphatic carbocycles. The van der Waals surface area contributed by atoms with Gasteiger partial charge in [-0.1, -0.05) is 6.08 Å². The number of aliphatic hydroxyl groups excluding tert-OH is 1. The molecule has 152 valence electrons. The maximum Gasteiger partial charge on any atom is 0.342 e. The van der Waals surface area contributed by atoms with E-state index in [1.807, 2.05) is 0 Å². The van der Waals surface area contributed by atoms with Gasteiger partial charge in [-0.2, -0.15) is 0 Å². The normalized spacial score (nSPS) is 18.8. The molecular formula is C20H24O8. The lowest BCUT2D eigenvalue weighted by molar-refractivity contribution is -0.131. The number of carbonyl (C=O) groups is 3. The minimum Gasteiger partial charge on any atom is -0.497 e. The van der Waals surface area contributed by atoms with Crippen LogP contribution in [0.3, 0.4) is 0 Å². The Morgan fingerprint density at radius 2 is 1.93 bits per heavy atom. The van der Waals surface area contributed by atoms with E-state index in [2.05, 4.69) is 0 Å². The Morgan fingerprint density at radius 1 is 1.14 bits per heavy atom. The number of rotatable bonds is 4. The van der Waals surface area contributed by atoms with Gasteiger partial charge in [-0.3, -0.25) is 9.59 Å². The van der Waals surface area contributed by atoms with E-state index in [1.165, 1.54) is 32.4 Å². The van der Waals surface area contributed by atoms with Crippen molar-refractivity contribution in [2.75, 3.05) is 27.6 Å². The number of allylic oxidation sites excluding steroid dienone is 1. The molecule has 8 heteroatoms. The van der Waals surface area contributed by atoms with Crippen LogP contribution < -0.4 is 9.47 Å². The standard InChI is InChI=1S/C20H24O8/c1-25-12-28-18-11-15(26-2)9-13-6-7-14(21)10-17(23)16(22)5-3-4-8-27-20(24)19(13)18/h6-7,9,11,16,22H,3-5,8,10,12H2,1-2H3. The average molecular weight is 392 g/mol. The lowest BCUT2D eigenvalue weighted by Crippen LogP contribution is -2.23. The summed E-state index contributed by atoms with van der Waals surface area (Å²) < 4.78 is 20.9. The molecule has 0 saturated carbocycles. The number of cyclic esters (lactones) is 1. The second-order valence-corrected chi connectivity index (χ2v) is 6.23. The van der Waals surface area contributed by atoms with Gasteiger partial charge in [0.05, 0.1) is 20.1 Å². The molecule has 1 aliphatic rings. The maximum absolute atomic E-state index is 12.7. The fourth-order valence-electron chi connectivity index (χ4n) is 2.68. The number of Topliss-reactive ketones (excluding diaryl/α,β-unsaturated/α-hetero) is 1. The van der Waals surface area contributed by atoms with Crippen molar-refractivity contribution in [2.45, 2.75) is 31.8 Å². The number of carbonyl (C=O) groups excluding carboxylic acids is 3. The highest BCUT2D eigenvalue weighted by Gasteiger charge is 2.22. The molecule has 0 bridgehead atoms. The van der Waals surface area contributed by atoms with Gasteiger partial charge in [-0.15, -0.1) is 0 Å². The summed E-state index contributed by atoms with van der Waals surface area (Å²) >= 11 is 0. The summed E-state index contributed by atoms with van der Waals surface area (Å²) in [5, 5.41) is 9.82. The number of ketones is 2. The van der Waals surface area contributed by atoms with E-state index in [1.54, 1.807) is 6.07 Å². The SMILES string of the molecule is COCOc1cc(OC)cc2c1C(=O)OCCCCC(O)C(=O)CC(=O)C=C2. The Morgan fingerprint density at radius 3 is 2.64 bits per heavy atom. The zero-order chi connectivity index (χ0) is 20.5. The van der Waals surface area contributed by atoms with Gasteiger partial charge in [0.15, 0.2) is 18.4 Å². The molecule has 0 fully saturated rings. The second kappa shape index (κ2) is 10.6. The van der Waals surface area contributed by atoms with E-state index in [4.69, 9.17) is 18.9 Å². The van der Waals surface area contributed by atoms with Gasteiger partial charge >= 0.3 is 5.97 Å². The minimum atomic E-state index is -1.20. The van der Waals surface area contributed by atoms with Gasteiger partial charge in [-0.05, 0) is 37.0 Å². The topological polar surface area (TPSA) is 108 Å². The number of fused-ring (bicyclic) bond motifs is 1. The van der Waals surface area contributed by atoms with Crippen molar-refractivity contribution in [3.05, 3.63) is 29.3 Å². The van der Waals surface area contributed by atoms with Crippen LogP contribution in [-0.2, 0) is 19.1 Å². The number of hydrogen-bond donors (Lipinski definition) is 1. The number of benzene rings is 1. The van der Waals surface area contributed by atoms with Crippen LogP contribution in [0.5, 0.6) is 11.5 Å². The highest BCUT2D eigenvalue weighted by molar-refractivity contribution is 6.08. The summed E-state index contributed by atoms with van der Waals surface area (Å²) in [6, 6.07) is 3.08. The zero-order valence-electron chi connectivity index (χ0n) is 15.9. The minimum absolute atomic E-state index is 0.0953. The molecule has 1 heterocycles. The molecule has 1 aromatic carbocycles. The molecule has 0 radical (unpaired) electrons. The van der Waals surface area contributed by atoms with E-state index < -0.39 is 30.1 Å². The van der Waals surface area contributed by atoms with Crippen molar-refractivity contribution >= 4 is 23.6 Å². The Labute approximate surface area is 163 Å². The first-order valence-electron chi connectivity index (χ1n) is 8.88. The van der Waals surface area contributed by atoms with E-state index in [9.17, 15) is 19.5 Å². The van der Waals surface area contributed by atoms with Crippen LogP contribution in [0.25, 0.3) is 6.08 Å². The molecule has 2 rings (SSSR count). The van der Waals surface area contributed by atoms with Gasteiger partial charge in [0.25, 0.3) is 0 Å². The molecule has 8 nitrogen and oxygen atoms in total. The molecule has 0 aromatic heterocycles. The third-order valence-electron chi connectivity index (χ3n) is 4.15. The highest BCUT2D eigenvalue weighted by atomic mass is 16.7. The maximum atomic E-state index is 12.7. The number of hydrogen-bond acceptors (Lipinski definition) is 8. The Bertz CT molecular complexity index is 753. The van der Waals surface area contributed by atoms with E-state index in [0.717, 1.165) is 0 Å². The van der Waals surface area contributed by atoms with Crippen LogP contribution in [-0.4, -0.2) is 56.4 Å². The van der Waals surface area contributed by atoms with Crippen LogP contribution in [0.1, 0.15) is 41.6 Å². The van der Waals surface area contributed by atoms with Crippen LogP contribution in [0.2, 0.25) is 0 Å². The molecule has 0 saturated heterocycles. The first-order chi connectivity index (χ1) is 13.5. The van der Waals surface area contributed by atoms with Gasteiger partial charge in [0.2, 0.25) is 0 Å². The first kappa shape index (κ1) is 21.6. The largest absolute Gasteiger partial charge is 0.497 e. The Kier molecular flexibility index (Phi) is 8.16. The smallest absolute Gasteiger partial charge is 0.342 e. The zero-order valence-corrected chi connectivity index (χ0v) is 15.9. The van der Waals surface area contributed by atoms with Gasteiger partial charge < -0.3 is 24.1 Å². The quantitative estimate of drug-likeness (QED) is 0.470. The van der Waals surface area contributed by atoms with Crippen LogP contribution in [0.4, 0.5) is 0 Å². The average Bonchev–Trinajstić information content (AvgIpc) is 2.68.